The highest BCUT2D eigenvalue weighted by Crippen LogP contribution is 2.56. The third-order valence-electron chi connectivity index (χ3n) is 9.64. The summed E-state index contributed by atoms with van der Waals surface area (Å²) in [6, 6.07) is 0. The number of anilines is 1. The van der Waals surface area contributed by atoms with Crippen LogP contribution in [-0.4, -0.2) is 109 Å². The van der Waals surface area contributed by atoms with Gasteiger partial charge in [-0.2, -0.15) is 0 Å². The van der Waals surface area contributed by atoms with Crippen molar-refractivity contribution >= 4 is 74.9 Å². The van der Waals surface area contributed by atoms with Gasteiger partial charge in [0.2, 0.25) is 11.8 Å². The first kappa shape index (κ1) is 55.6. The maximum atomic E-state index is 12.6. The number of nitrogens with two attached hydrogens (primary N) is 1. The van der Waals surface area contributed by atoms with E-state index >= 15 is 0 Å². The average molecular weight is 988 g/mol. The fourth-order valence-corrected chi connectivity index (χ4v) is 9.64. The highest BCUT2D eigenvalue weighted by molar-refractivity contribution is 8.13. The van der Waals surface area contributed by atoms with Gasteiger partial charge in [-0.1, -0.05) is 83.9 Å². The van der Waals surface area contributed by atoms with E-state index in [9.17, 15) is 62.7 Å². The SMILES string of the molecule is CCCCCCCCCCCC(=O)CC(=O)SCCNC(=O)CCNC(=O)[C@H](O)C(C)(C)COP(=O)([O-])OP(=O)([O-])OC[C@H]1O[C@@H](n2cnc3c(N)ncnc32)[C@H](O)[C@@H]1OP(=O)([O-])[O-]. The molecule has 1 saturated heterocycles. The van der Waals surface area contributed by atoms with Gasteiger partial charge in [0, 0.05) is 37.1 Å². The molecule has 0 radical (unpaired) electrons. The number of carbonyl (C=O) groups excluding carboxylic acids is 4. The fraction of sp³-hybridized carbons (Fsp3) is 0.743. The molecular formula is C35H56N7O18P3S-4. The molecule has 1 aliphatic rings. The first-order valence-corrected chi connectivity index (χ1v) is 25.8. The molecule has 0 aliphatic carbocycles. The molecule has 6 N–H and O–H groups in total. The summed E-state index contributed by atoms with van der Waals surface area (Å²) in [6.07, 6.45) is 2.55. The highest BCUT2D eigenvalue weighted by atomic mass is 32.2. The van der Waals surface area contributed by atoms with Crippen molar-refractivity contribution in [3.63, 3.8) is 0 Å². The number of nitrogen functional groups attached to an aromatic ring is 1. The molecule has 364 valence electrons. The van der Waals surface area contributed by atoms with E-state index in [1.807, 2.05) is 0 Å². The van der Waals surface area contributed by atoms with Crippen LogP contribution in [0.15, 0.2) is 12.7 Å². The largest absolute Gasteiger partial charge is 0.790 e. The van der Waals surface area contributed by atoms with Gasteiger partial charge >= 0.3 is 0 Å². The number of phosphoric acid groups is 3. The molecule has 0 bridgehead atoms. The van der Waals surface area contributed by atoms with Crippen molar-refractivity contribution in [2.75, 3.05) is 37.8 Å². The van der Waals surface area contributed by atoms with E-state index in [0.29, 0.717) is 6.42 Å². The third kappa shape index (κ3) is 19.2. The number of amides is 2. The number of aliphatic hydroxyl groups excluding tert-OH is 2. The van der Waals surface area contributed by atoms with Crippen LogP contribution in [0, 0.1) is 5.41 Å². The highest BCUT2D eigenvalue weighted by Gasteiger charge is 2.47. The van der Waals surface area contributed by atoms with Gasteiger partial charge in [-0.15, -0.1) is 0 Å². The van der Waals surface area contributed by atoms with E-state index in [4.69, 9.17) is 10.5 Å². The Bertz CT molecular complexity index is 2010. The molecule has 2 unspecified atom stereocenters. The standard InChI is InChI=1S/C35H60N7O18P3S/c1-4-5-6-7-8-9-10-11-12-13-23(43)18-26(45)64-17-16-37-25(44)14-15-38-33(48)30(47)35(2,3)20-57-63(54,55)60-62(52,53)56-19-24-29(59-61(49,50)51)28(46)34(58-24)42-22-41-27-31(36)39-21-40-32(27)42/h21-22,24,28-30,34,46-47H,4-20H2,1-3H3,(H,37,44)(H,38,48)(H,52,53)(H,54,55)(H2,36,39,40)(H2,49,50,51)/p-4/t24-,28-,29-,30+,34-/m1/s1. The summed E-state index contributed by atoms with van der Waals surface area (Å²) in [6.45, 7) is 2.12. The summed E-state index contributed by atoms with van der Waals surface area (Å²) in [4.78, 5) is 109. The van der Waals surface area contributed by atoms with E-state index in [1.165, 1.54) is 46.0 Å². The third-order valence-corrected chi connectivity index (χ3v) is 13.5. The number of ketones is 1. The number of aromatic nitrogens is 4. The molecule has 0 saturated carbocycles. The number of thioether (sulfide) groups is 1. The van der Waals surface area contributed by atoms with Crippen LogP contribution in [0.3, 0.4) is 0 Å². The first-order chi connectivity index (χ1) is 29.9. The van der Waals surface area contributed by atoms with Crippen LogP contribution in [0.2, 0.25) is 0 Å². The number of hydrogen-bond acceptors (Lipinski definition) is 23. The zero-order chi connectivity index (χ0) is 47.7. The van der Waals surface area contributed by atoms with Crippen LogP contribution < -0.4 is 35.9 Å². The predicted octanol–water partition coefficient (Wildman–Crippen LogP) is 0.0168. The Morgan fingerprint density at radius 1 is 0.938 bits per heavy atom. The molecule has 25 nitrogen and oxygen atoms in total. The monoisotopic (exact) mass is 987 g/mol. The molecule has 0 aromatic carbocycles. The lowest BCUT2D eigenvalue weighted by Crippen LogP contribution is -2.46. The van der Waals surface area contributed by atoms with Gasteiger partial charge in [0.1, 0.15) is 42.0 Å². The van der Waals surface area contributed by atoms with Gasteiger partial charge in [0.25, 0.3) is 15.6 Å². The van der Waals surface area contributed by atoms with Gasteiger partial charge in [-0.25, -0.2) is 19.3 Å². The topological polar surface area (TPSA) is 392 Å². The molecule has 7 atom stereocenters. The van der Waals surface area contributed by atoms with Gasteiger partial charge in [0.05, 0.1) is 33.8 Å². The second-order valence-electron chi connectivity index (χ2n) is 15.5. The second-order valence-corrected chi connectivity index (χ2v) is 20.7. The number of rotatable bonds is 31. The summed E-state index contributed by atoms with van der Waals surface area (Å²) < 4.78 is 60.7. The summed E-state index contributed by atoms with van der Waals surface area (Å²) in [7, 11) is -17.6. The Hall–Kier alpha value is -2.77. The lowest BCUT2D eigenvalue weighted by molar-refractivity contribution is -0.347. The number of hydrogen-bond donors (Lipinski definition) is 5. The first-order valence-electron chi connectivity index (χ1n) is 20.4. The van der Waals surface area contributed by atoms with E-state index in [2.05, 4.69) is 50.4 Å². The van der Waals surface area contributed by atoms with Crippen LogP contribution in [0.25, 0.3) is 11.2 Å². The lowest BCUT2D eigenvalue weighted by atomic mass is 9.87. The Balaban J connectivity index is 1.36. The molecule has 1 aliphatic heterocycles. The predicted molar refractivity (Wildman–Crippen MR) is 220 cm³/mol. The maximum absolute atomic E-state index is 12.6. The Labute approximate surface area is 373 Å². The Morgan fingerprint density at radius 2 is 1.58 bits per heavy atom. The molecule has 29 heteroatoms. The minimum atomic E-state index is -5.93. The molecule has 2 amide bonds. The molecule has 0 spiro atoms. The van der Waals surface area contributed by atoms with E-state index in [-0.39, 0.29) is 59.6 Å². The van der Waals surface area contributed by atoms with Gasteiger partial charge < -0.3 is 69.0 Å². The number of ether oxygens (including phenoxy) is 1. The van der Waals surface area contributed by atoms with Crippen molar-refractivity contribution in [1.29, 1.82) is 0 Å². The number of imidazole rings is 1. The Kier molecular flexibility index (Phi) is 22.5. The quantitative estimate of drug-likeness (QED) is 0.0377. The van der Waals surface area contributed by atoms with Crippen LogP contribution >= 0.6 is 35.2 Å². The van der Waals surface area contributed by atoms with Crippen molar-refractivity contribution in [3.05, 3.63) is 12.7 Å². The van der Waals surface area contributed by atoms with Crippen LogP contribution in [0.4, 0.5) is 5.82 Å². The van der Waals surface area contributed by atoms with E-state index < -0.39 is 84.6 Å². The summed E-state index contributed by atoms with van der Waals surface area (Å²) in [5.41, 5.74) is 4.05. The van der Waals surface area contributed by atoms with Crippen LogP contribution in [0.5, 0.6) is 0 Å². The molecular weight excluding hydrogens is 931 g/mol. The van der Waals surface area contributed by atoms with E-state index in [1.54, 1.807) is 0 Å². The number of nitrogens with zero attached hydrogens (tertiary/aromatic N) is 4. The summed E-state index contributed by atoms with van der Waals surface area (Å²) in [5.74, 6) is -1.51. The van der Waals surface area contributed by atoms with Gasteiger partial charge in [-0.05, 0) is 6.42 Å². The van der Waals surface area contributed by atoms with Crippen molar-refractivity contribution in [2.45, 2.75) is 128 Å². The molecule has 3 heterocycles. The normalized spacial score (nSPS) is 20.4. The van der Waals surface area contributed by atoms with Gasteiger partial charge in [-0.3, -0.25) is 32.9 Å². The Morgan fingerprint density at radius 3 is 2.23 bits per heavy atom. The molecule has 1 fully saturated rings. The number of unbranched alkanes of at least 4 members (excludes halogenated alkanes) is 8. The van der Waals surface area contributed by atoms with Crippen LogP contribution in [-0.2, 0) is 55.5 Å². The molecule has 2 aromatic heterocycles. The van der Waals surface area contributed by atoms with Gasteiger partial charge in [0.15, 0.2) is 22.8 Å². The molecule has 64 heavy (non-hydrogen) atoms. The zero-order valence-electron chi connectivity index (χ0n) is 35.6. The number of nitrogens with one attached hydrogen (secondary N) is 2. The summed E-state index contributed by atoms with van der Waals surface area (Å²) >= 11 is 0.923. The molecule has 3 rings (SSSR count). The number of phosphoric ester groups is 3. The fourth-order valence-electron chi connectivity index (χ4n) is 6.21. The van der Waals surface area contributed by atoms with Crippen molar-refractivity contribution in [3.8, 4) is 0 Å². The number of carbonyl (C=O) groups is 4. The minimum absolute atomic E-state index is 0.0259. The lowest BCUT2D eigenvalue weighted by Gasteiger charge is -2.36. The number of fused-ring (bicyclic) bond motifs is 1. The smallest absolute Gasteiger partial charge is 0.274 e. The molecule has 2 aromatic rings. The second kappa shape index (κ2) is 26.0. The summed E-state index contributed by atoms with van der Waals surface area (Å²) in [5, 5.41) is 26.0. The maximum Gasteiger partial charge on any atom is 0.274 e. The van der Waals surface area contributed by atoms with Crippen molar-refractivity contribution in [2.24, 2.45) is 5.41 Å². The average Bonchev–Trinajstić information content (AvgIpc) is 3.76. The van der Waals surface area contributed by atoms with Crippen molar-refractivity contribution < 1.29 is 85.3 Å². The van der Waals surface area contributed by atoms with E-state index in [0.717, 1.165) is 54.7 Å². The number of aliphatic hydroxyl groups is 2. The minimum Gasteiger partial charge on any atom is -0.790 e. The van der Waals surface area contributed by atoms with Crippen LogP contribution in [0.1, 0.15) is 104 Å². The number of Topliss-reactive ketones (excluding diaryl/α,β-unsaturated/α-hetero) is 1. The van der Waals surface area contributed by atoms with Crippen molar-refractivity contribution in [1.82, 2.24) is 30.2 Å². The zero-order valence-corrected chi connectivity index (χ0v) is 39.1.